The lowest BCUT2D eigenvalue weighted by atomic mass is 9.78. The fourth-order valence-electron chi connectivity index (χ4n) is 4.04. The summed E-state index contributed by atoms with van der Waals surface area (Å²) in [6, 6.07) is 3.87. The lowest BCUT2D eigenvalue weighted by Gasteiger charge is -2.44. The molecule has 3 rings (SSSR count). The van der Waals surface area contributed by atoms with Crippen molar-refractivity contribution in [3.05, 3.63) is 24.2 Å². The number of likely N-dealkylation sites (tertiary alicyclic amines) is 1. The summed E-state index contributed by atoms with van der Waals surface area (Å²) in [7, 11) is 0. The summed E-state index contributed by atoms with van der Waals surface area (Å²) in [4.78, 5) is 26.5. The Bertz CT molecular complexity index is 506. The van der Waals surface area contributed by atoms with Gasteiger partial charge in [0.2, 0.25) is 5.91 Å². The molecule has 4 heteroatoms. The molecule has 22 heavy (non-hydrogen) atoms. The maximum absolute atomic E-state index is 12.5. The molecular formula is C18H25NO3. The van der Waals surface area contributed by atoms with Gasteiger partial charge in [0.05, 0.1) is 6.26 Å². The molecule has 1 amide bonds. The molecule has 1 saturated carbocycles. The first kappa shape index (κ1) is 15.3. The molecule has 0 aromatic carbocycles. The Morgan fingerprint density at radius 1 is 1.14 bits per heavy atom. The smallest absolute Gasteiger partial charge is 0.222 e. The first-order valence-electron chi connectivity index (χ1n) is 8.62. The van der Waals surface area contributed by atoms with E-state index in [1.54, 1.807) is 12.1 Å². The number of ketones is 1. The van der Waals surface area contributed by atoms with E-state index in [2.05, 4.69) is 4.90 Å². The fourth-order valence-corrected chi connectivity index (χ4v) is 4.04. The van der Waals surface area contributed by atoms with Crippen molar-refractivity contribution in [2.24, 2.45) is 5.92 Å². The van der Waals surface area contributed by atoms with E-state index in [9.17, 15) is 9.59 Å². The van der Waals surface area contributed by atoms with Crippen molar-refractivity contribution < 1.29 is 14.0 Å². The lowest BCUT2D eigenvalue weighted by molar-refractivity contribution is -0.137. The van der Waals surface area contributed by atoms with Crippen LogP contribution in [0.2, 0.25) is 0 Å². The number of piperidine rings is 1. The van der Waals surface area contributed by atoms with E-state index in [1.807, 2.05) is 0 Å². The van der Waals surface area contributed by atoms with E-state index in [1.165, 1.54) is 38.4 Å². The van der Waals surface area contributed by atoms with Crippen LogP contribution >= 0.6 is 0 Å². The van der Waals surface area contributed by atoms with E-state index in [0.29, 0.717) is 31.1 Å². The van der Waals surface area contributed by atoms with Gasteiger partial charge >= 0.3 is 0 Å². The van der Waals surface area contributed by atoms with Gasteiger partial charge in [0.25, 0.3) is 0 Å². The van der Waals surface area contributed by atoms with Gasteiger partial charge in [-0.3, -0.25) is 9.59 Å². The van der Waals surface area contributed by atoms with Crippen LogP contribution in [0.4, 0.5) is 0 Å². The van der Waals surface area contributed by atoms with Crippen molar-refractivity contribution in [3.8, 4) is 0 Å². The number of carbonyl (C=O) groups excluding carboxylic acids is 2. The molecule has 2 heterocycles. The number of carbonyl (C=O) groups is 2. The van der Waals surface area contributed by atoms with Gasteiger partial charge in [-0.25, -0.2) is 0 Å². The molecule has 4 nitrogen and oxygen atoms in total. The predicted molar refractivity (Wildman–Crippen MR) is 83.6 cm³/mol. The lowest BCUT2D eigenvalue weighted by Crippen LogP contribution is -2.49. The van der Waals surface area contributed by atoms with E-state index >= 15 is 0 Å². The highest BCUT2D eigenvalue weighted by Crippen LogP contribution is 2.35. The summed E-state index contributed by atoms with van der Waals surface area (Å²) in [6.45, 7) is 0.909. The summed E-state index contributed by atoms with van der Waals surface area (Å²) in [5.74, 6) is 1.35. The molecular weight excluding hydrogens is 278 g/mol. The number of fused-ring (bicyclic) bond motifs is 1. The SMILES string of the molecule is O=C(CCCC(=O)N1CCCC2CCCCC21)c1ccco1. The second-order valence-electron chi connectivity index (χ2n) is 6.60. The van der Waals surface area contributed by atoms with E-state index in [4.69, 9.17) is 4.42 Å². The highest BCUT2D eigenvalue weighted by Gasteiger charge is 2.35. The number of Topliss-reactive ketones (excluding diaryl/α,β-unsaturated/α-hetero) is 1. The van der Waals surface area contributed by atoms with Crippen LogP contribution in [-0.4, -0.2) is 29.2 Å². The molecule has 1 aliphatic carbocycles. The van der Waals surface area contributed by atoms with Crippen LogP contribution in [0.25, 0.3) is 0 Å². The molecule has 1 saturated heterocycles. The highest BCUT2D eigenvalue weighted by atomic mass is 16.3. The Labute approximate surface area is 131 Å². The maximum Gasteiger partial charge on any atom is 0.222 e. The zero-order valence-corrected chi connectivity index (χ0v) is 13.1. The Hall–Kier alpha value is -1.58. The molecule has 2 fully saturated rings. The zero-order chi connectivity index (χ0) is 15.4. The topological polar surface area (TPSA) is 50.5 Å². The van der Waals surface area contributed by atoms with Crippen LogP contribution in [0.1, 0.15) is 68.3 Å². The monoisotopic (exact) mass is 303 g/mol. The summed E-state index contributed by atoms with van der Waals surface area (Å²) >= 11 is 0. The second-order valence-corrected chi connectivity index (χ2v) is 6.60. The molecule has 0 spiro atoms. The molecule has 0 N–H and O–H groups in total. The average molecular weight is 303 g/mol. The van der Waals surface area contributed by atoms with Crippen molar-refractivity contribution in [2.45, 2.75) is 63.8 Å². The van der Waals surface area contributed by atoms with Crippen molar-refractivity contribution in [1.29, 1.82) is 0 Å². The van der Waals surface area contributed by atoms with E-state index < -0.39 is 0 Å². The van der Waals surface area contributed by atoms with Crippen LogP contribution in [-0.2, 0) is 4.79 Å². The van der Waals surface area contributed by atoms with Gasteiger partial charge in [-0.1, -0.05) is 12.8 Å². The van der Waals surface area contributed by atoms with Gasteiger partial charge < -0.3 is 9.32 Å². The van der Waals surface area contributed by atoms with Crippen LogP contribution in [0.5, 0.6) is 0 Å². The van der Waals surface area contributed by atoms with Crippen LogP contribution in [0.15, 0.2) is 22.8 Å². The Kier molecular flexibility index (Phi) is 4.96. The first-order valence-corrected chi connectivity index (χ1v) is 8.62. The minimum absolute atomic E-state index is 0.00742. The highest BCUT2D eigenvalue weighted by molar-refractivity contribution is 5.93. The quantitative estimate of drug-likeness (QED) is 0.777. The van der Waals surface area contributed by atoms with Crippen LogP contribution in [0.3, 0.4) is 0 Å². The number of amides is 1. The van der Waals surface area contributed by atoms with Crippen molar-refractivity contribution in [2.75, 3.05) is 6.54 Å². The van der Waals surface area contributed by atoms with Crippen LogP contribution < -0.4 is 0 Å². The van der Waals surface area contributed by atoms with Crippen molar-refractivity contribution in [1.82, 2.24) is 4.90 Å². The summed E-state index contributed by atoms with van der Waals surface area (Å²) in [5.41, 5.74) is 0. The molecule has 1 aromatic heterocycles. The zero-order valence-electron chi connectivity index (χ0n) is 13.1. The normalized spacial score (nSPS) is 24.8. The Balaban J connectivity index is 1.48. The number of furan rings is 1. The number of hydrogen-bond donors (Lipinski definition) is 0. The third kappa shape index (κ3) is 3.42. The standard InChI is InChI=1S/C18H25NO3/c20-16(17-10-5-13-22-17)9-3-11-18(21)19-12-4-7-14-6-1-2-8-15(14)19/h5,10,13-15H,1-4,6-9,11-12H2. The Morgan fingerprint density at radius 2 is 1.95 bits per heavy atom. The summed E-state index contributed by atoms with van der Waals surface area (Å²) in [5, 5.41) is 0. The van der Waals surface area contributed by atoms with Gasteiger partial charge in [0.15, 0.2) is 11.5 Å². The summed E-state index contributed by atoms with van der Waals surface area (Å²) < 4.78 is 5.09. The van der Waals surface area contributed by atoms with Gasteiger partial charge in [-0.2, -0.15) is 0 Å². The average Bonchev–Trinajstić information content (AvgIpc) is 3.08. The number of rotatable bonds is 5. The van der Waals surface area contributed by atoms with Crippen LogP contribution in [0, 0.1) is 5.92 Å². The fraction of sp³-hybridized carbons (Fsp3) is 0.667. The molecule has 2 unspecified atom stereocenters. The van der Waals surface area contributed by atoms with Gasteiger partial charge in [0.1, 0.15) is 0 Å². The predicted octanol–water partition coefficient (Wildman–Crippen LogP) is 3.81. The van der Waals surface area contributed by atoms with Crippen molar-refractivity contribution >= 4 is 11.7 Å². The van der Waals surface area contributed by atoms with Gasteiger partial charge in [-0.05, 0) is 50.2 Å². The number of nitrogens with zero attached hydrogens (tertiary/aromatic N) is 1. The maximum atomic E-state index is 12.5. The van der Waals surface area contributed by atoms with E-state index in [-0.39, 0.29) is 11.7 Å². The number of hydrogen-bond acceptors (Lipinski definition) is 3. The minimum atomic E-state index is -0.00742. The third-order valence-electron chi connectivity index (χ3n) is 5.15. The molecule has 0 bridgehead atoms. The Morgan fingerprint density at radius 3 is 2.77 bits per heavy atom. The second kappa shape index (κ2) is 7.12. The van der Waals surface area contributed by atoms with Crippen molar-refractivity contribution in [3.63, 3.8) is 0 Å². The molecule has 120 valence electrons. The molecule has 2 aliphatic rings. The minimum Gasteiger partial charge on any atom is -0.461 e. The largest absolute Gasteiger partial charge is 0.461 e. The summed E-state index contributed by atoms with van der Waals surface area (Å²) in [6.07, 6.45) is 10.4. The first-order chi connectivity index (χ1) is 10.8. The third-order valence-corrected chi connectivity index (χ3v) is 5.15. The molecule has 2 atom stereocenters. The molecule has 1 aliphatic heterocycles. The van der Waals surface area contributed by atoms with Gasteiger partial charge in [0, 0.05) is 25.4 Å². The van der Waals surface area contributed by atoms with Gasteiger partial charge in [-0.15, -0.1) is 0 Å². The molecule has 1 aromatic rings. The van der Waals surface area contributed by atoms with E-state index in [0.717, 1.165) is 18.9 Å². The molecule has 0 radical (unpaired) electrons.